The van der Waals surface area contributed by atoms with Crippen molar-refractivity contribution >= 4 is 30.1 Å². The number of likely N-dealkylation sites (N-methyl/N-ethyl adjacent to an activating group) is 1. The van der Waals surface area contributed by atoms with E-state index in [4.69, 9.17) is 0 Å². The molecule has 1 aliphatic carbocycles. The highest BCUT2D eigenvalue weighted by Crippen LogP contribution is 2.37. The predicted molar refractivity (Wildman–Crippen MR) is 88.1 cm³/mol. The van der Waals surface area contributed by atoms with E-state index >= 15 is 0 Å². The van der Waals surface area contributed by atoms with E-state index in [0.29, 0.717) is 12.6 Å². The van der Waals surface area contributed by atoms with E-state index in [9.17, 15) is 14.4 Å². The van der Waals surface area contributed by atoms with Crippen LogP contribution in [0.1, 0.15) is 38.5 Å². The third-order valence-corrected chi connectivity index (χ3v) is 5.41. The molecule has 3 rings (SSSR count). The van der Waals surface area contributed by atoms with E-state index in [1.54, 1.807) is 4.90 Å². The van der Waals surface area contributed by atoms with Crippen molar-refractivity contribution in [2.75, 3.05) is 26.7 Å². The number of nitrogens with zero attached hydrogens (tertiary/aromatic N) is 2. The van der Waals surface area contributed by atoms with Gasteiger partial charge < -0.3 is 10.2 Å². The molecule has 1 N–H and O–H groups in total. The van der Waals surface area contributed by atoms with Crippen LogP contribution in [-0.4, -0.2) is 60.2 Å². The molecule has 3 aliphatic rings. The number of rotatable bonds is 3. The van der Waals surface area contributed by atoms with Crippen LogP contribution in [-0.2, 0) is 14.4 Å². The summed E-state index contributed by atoms with van der Waals surface area (Å²) in [5.41, 5.74) is 0. The van der Waals surface area contributed by atoms with Gasteiger partial charge in [0.15, 0.2) is 0 Å². The summed E-state index contributed by atoms with van der Waals surface area (Å²) < 4.78 is 0. The summed E-state index contributed by atoms with van der Waals surface area (Å²) in [5, 5.41) is 3.20. The lowest BCUT2D eigenvalue weighted by molar-refractivity contribution is -0.147. The molecule has 2 saturated heterocycles. The van der Waals surface area contributed by atoms with Gasteiger partial charge in [-0.2, -0.15) is 0 Å². The second-order valence-electron chi connectivity index (χ2n) is 6.73. The van der Waals surface area contributed by atoms with E-state index in [1.807, 2.05) is 7.05 Å². The van der Waals surface area contributed by atoms with Crippen LogP contribution >= 0.6 is 12.4 Å². The number of nitrogens with one attached hydrogen (secondary N) is 1. The molecule has 0 spiro atoms. The number of piperidine rings is 1. The van der Waals surface area contributed by atoms with Crippen molar-refractivity contribution in [3.05, 3.63) is 0 Å². The molecule has 1 saturated carbocycles. The number of carbonyl (C=O) groups excluding carboxylic acids is 3. The largest absolute Gasteiger partial charge is 0.340 e. The summed E-state index contributed by atoms with van der Waals surface area (Å²) in [5.74, 6) is -0.670. The van der Waals surface area contributed by atoms with Crippen LogP contribution in [0.15, 0.2) is 0 Å². The molecule has 3 unspecified atom stereocenters. The minimum absolute atomic E-state index is 0. The quantitative estimate of drug-likeness (QED) is 0.769. The molecule has 0 bridgehead atoms. The molecule has 2 heterocycles. The second-order valence-corrected chi connectivity index (χ2v) is 6.73. The SMILES string of the molecule is CNC1CCCN(C(=O)CN2C(=O)C3CCCCC3C2=O)C1.Cl. The highest BCUT2D eigenvalue weighted by atomic mass is 35.5. The highest BCUT2D eigenvalue weighted by Gasteiger charge is 2.48. The lowest BCUT2D eigenvalue weighted by atomic mass is 9.81. The maximum absolute atomic E-state index is 12.5. The molecule has 0 radical (unpaired) electrons. The Labute approximate surface area is 143 Å². The normalized spacial score (nSPS) is 30.9. The number of carbonyl (C=O) groups is 3. The van der Waals surface area contributed by atoms with Crippen LogP contribution < -0.4 is 5.32 Å². The number of hydrogen-bond donors (Lipinski definition) is 1. The molecule has 0 aromatic heterocycles. The van der Waals surface area contributed by atoms with Gasteiger partial charge in [-0.15, -0.1) is 12.4 Å². The fourth-order valence-corrected chi connectivity index (χ4v) is 4.06. The molecule has 130 valence electrons. The van der Waals surface area contributed by atoms with Crippen LogP contribution in [0.2, 0.25) is 0 Å². The zero-order valence-electron chi connectivity index (χ0n) is 13.6. The van der Waals surface area contributed by atoms with Crippen LogP contribution in [0.25, 0.3) is 0 Å². The lowest BCUT2D eigenvalue weighted by Gasteiger charge is -2.33. The first-order valence-electron chi connectivity index (χ1n) is 8.42. The molecule has 3 atom stereocenters. The Morgan fingerprint density at radius 2 is 1.70 bits per heavy atom. The zero-order valence-corrected chi connectivity index (χ0v) is 14.4. The smallest absolute Gasteiger partial charge is 0.242 e. The van der Waals surface area contributed by atoms with Crippen molar-refractivity contribution in [1.82, 2.24) is 15.1 Å². The summed E-state index contributed by atoms with van der Waals surface area (Å²) in [7, 11) is 1.90. The third-order valence-electron chi connectivity index (χ3n) is 5.41. The molecule has 7 heteroatoms. The zero-order chi connectivity index (χ0) is 15.7. The third kappa shape index (κ3) is 3.53. The number of imide groups is 1. The summed E-state index contributed by atoms with van der Waals surface area (Å²) in [6, 6.07) is 0.310. The van der Waals surface area contributed by atoms with E-state index in [2.05, 4.69) is 5.32 Å². The molecule has 0 aromatic rings. The monoisotopic (exact) mass is 343 g/mol. The maximum Gasteiger partial charge on any atom is 0.242 e. The maximum atomic E-state index is 12.5. The molecular weight excluding hydrogens is 318 g/mol. The predicted octanol–water partition coefficient (Wildman–Crippen LogP) is 0.794. The van der Waals surface area contributed by atoms with Crippen molar-refractivity contribution in [3.8, 4) is 0 Å². The van der Waals surface area contributed by atoms with Gasteiger partial charge >= 0.3 is 0 Å². The summed E-state index contributed by atoms with van der Waals surface area (Å²) in [6.07, 6.45) is 5.64. The van der Waals surface area contributed by atoms with E-state index < -0.39 is 0 Å². The van der Waals surface area contributed by atoms with Gasteiger partial charge in [0.25, 0.3) is 0 Å². The van der Waals surface area contributed by atoms with Crippen LogP contribution in [0.5, 0.6) is 0 Å². The molecule has 6 nitrogen and oxygen atoms in total. The molecule has 2 aliphatic heterocycles. The number of likely N-dealkylation sites (tertiary alicyclic amines) is 2. The summed E-state index contributed by atoms with van der Waals surface area (Å²) in [4.78, 5) is 40.3. The number of halogens is 1. The van der Waals surface area contributed by atoms with Gasteiger partial charge in [-0.1, -0.05) is 12.8 Å². The van der Waals surface area contributed by atoms with Crippen molar-refractivity contribution in [2.45, 2.75) is 44.6 Å². The average molecular weight is 344 g/mol. The van der Waals surface area contributed by atoms with Gasteiger partial charge in [-0.3, -0.25) is 19.3 Å². The first-order valence-corrected chi connectivity index (χ1v) is 8.42. The van der Waals surface area contributed by atoms with Crippen LogP contribution in [0, 0.1) is 11.8 Å². The number of fused-ring (bicyclic) bond motifs is 1. The van der Waals surface area contributed by atoms with Gasteiger partial charge in [0, 0.05) is 19.1 Å². The van der Waals surface area contributed by atoms with Crippen molar-refractivity contribution < 1.29 is 14.4 Å². The van der Waals surface area contributed by atoms with Crippen LogP contribution in [0.3, 0.4) is 0 Å². The Bertz CT molecular complexity index is 461. The Kier molecular flexibility index (Phi) is 6.03. The minimum Gasteiger partial charge on any atom is -0.340 e. The highest BCUT2D eigenvalue weighted by molar-refractivity contribution is 6.07. The first-order chi connectivity index (χ1) is 10.6. The van der Waals surface area contributed by atoms with Gasteiger partial charge in [-0.05, 0) is 32.7 Å². The van der Waals surface area contributed by atoms with Gasteiger partial charge in [-0.25, -0.2) is 0 Å². The summed E-state index contributed by atoms with van der Waals surface area (Å²) >= 11 is 0. The minimum atomic E-state index is -0.166. The fraction of sp³-hybridized carbons (Fsp3) is 0.812. The Hall–Kier alpha value is -1.14. The lowest BCUT2D eigenvalue weighted by Crippen LogP contribution is -2.50. The molecule has 3 amide bonds. The fourth-order valence-electron chi connectivity index (χ4n) is 4.06. The standard InChI is InChI=1S/C16H25N3O3.ClH/c1-17-11-5-4-8-18(9-11)14(20)10-19-15(21)12-6-2-3-7-13(12)16(19)22;/h11-13,17H,2-10H2,1H3;1H. The summed E-state index contributed by atoms with van der Waals surface area (Å²) in [6.45, 7) is 1.32. The van der Waals surface area contributed by atoms with E-state index in [-0.39, 0.29) is 48.5 Å². The van der Waals surface area contributed by atoms with Crippen LogP contribution in [0.4, 0.5) is 0 Å². The molecular formula is C16H26ClN3O3. The molecule has 3 fully saturated rings. The second kappa shape index (κ2) is 7.62. The van der Waals surface area contributed by atoms with E-state index in [0.717, 1.165) is 45.1 Å². The van der Waals surface area contributed by atoms with Gasteiger partial charge in [0.2, 0.25) is 17.7 Å². The topological polar surface area (TPSA) is 69.7 Å². The van der Waals surface area contributed by atoms with E-state index in [1.165, 1.54) is 4.90 Å². The first kappa shape index (κ1) is 18.2. The van der Waals surface area contributed by atoms with Crippen molar-refractivity contribution in [2.24, 2.45) is 11.8 Å². The Balaban J connectivity index is 0.00000192. The Morgan fingerprint density at radius 1 is 1.09 bits per heavy atom. The molecule has 23 heavy (non-hydrogen) atoms. The number of hydrogen-bond acceptors (Lipinski definition) is 4. The average Bonchev–Trinajstić information content (AvgIpc) is 2.80. The number of amides is 3. The Morgan fingerprint density at radius 3 is 2.26 bits per heavy atom. The van der Waals surface area contributed by atoms with Gasteiger partial charge in [0.1, 0.15) is 6.54 Å². The van der Waals surface area contributed by atoms with Gasteiger partial charge in [0.05, 0.1) is 11.8 Å². The van der Waals surface area contributed by atoms with Crippen molar-refractivity contribution in [3.63, 3.8) is 0 Å². The van der Waals surface area contributed by atoms with Crippen molar-refractivity contribution in [1.29, 1.82) is 0 Å². The molecule has 0 aromatic carbocycles.